The van der Waals surface area contributed by atoms with Crippen LogP contribution in [0.3, 0.4) is 0 Å². The van der Waals surface area contributed by atoms with E-state index in [1.165, 1.54) is 12.8 Å². The molecular weight excluding hydrogens is 196 g/mol. The SMILES string of the molecule is O[C-](O)CC1CC1.[Br-].[Mg+2]. The number of aliphatic hydroxyl groups excluding tert-OH is 1. The Morgan fingerprint density at radius 2 is 1.78 bits per heavy atom. The molecule has 0 unspecified atom stereocenters. The molecule has 1 aliphatic rings. The van der Waals surface area contributed by atoms with Crippen LogP contribution in [0.1, 0.15) is 19.3 Å². The second-order valence-corrected chi connectivity index (χ2v) is 2.06. The van der Waals surface area contributed by atoms with Crippen LogP contribution in [-0.4, -0.2) is 33.3 Å². The number of hydrogen-bond donors (Lipinski definition) is 2. The van der Waals surface area contributed by atoms with Crippen LogP contribution in [0.4, 0.5) is 0 Å². The number of hydrogen-bond acceptors (Lipinski definition) is 2. The van der Waals surface area contributed by atoms with Crippen molar-refractivity contribution in [3.8, 4) is 0 Å². The predicted octanol–water partition coefficient (Wildman–Crippen LogP) is -2.36. The van der Waals surface area contributed by atoms with Gasteiger partial charge in [-0.2, -0.15) is 0 Å². The fourth-order valence-corrected chi connectivity index (χ4v) is 0.580. The maximum Gasteiger partial charge on any atom is 2.00 e. The fraction of sp³-hybridized carbons (Fsp3) is 0.800. The van der Waals surface area contributed by atoms with Crippen molar-refractivity contribution in [2.24, 2.45) is 5.92 Å². The van der Waals surface area contributed by atoms with Gasteiger partial charge in [0.05, 0.1) is 0 Å². The summed E-state index contributed by atoms with van der Waals surface area (Å²) in [6.45, 7) is 0. The van der Waals surface area contributed by atoms with Gasteiger partial charge < -0.3 is 27.2 Å². The molecule has 4 heteroatoms. The summed E-state index contributed by atoms with van der Waals surface area (Å²) in [7, 11) is 0. The Hall–Kier alpha value is 1.17. The van der Waals surface area contributed by atoms with Gasteiger partial charge in [0.15, 0.2) is 0 Å². The van der Waals surface area contributed by atoms with Crippen molar-refractivity contribution in [1.29, 1.82) is 0 Å². The number of aliphatic hydroxyl groups is 2. The molecule has 1 fully saturated rings. The Labute approximate surface area is 81.6 Å². The van der Waals surface area contributed by atoms with Crippen LogP contribution in [0.2, 0.25) is 0 Å². The first-order valence-electron chi connectivity index (χ1n) is 2.53. The average molecular weight is 205 g/mol. The van der Waals surface area contributed by atoms with Crippen LogP contribution < -0.4 is 17.0 Å². The van der Waals surface area contributed by atoms with Crippen LogP contribution >= 0.6 is 0 Å². The van der Waals surface area contributed by atoms with Crippen molar-refractivity contribution < 1.29 is 27.2 Å². The van der Waals surface area contributed by atoms with Gasteiger partial charge in [-0.25, -0.2) is 0 Å². The van der Waals surface area contributed by atoms with Gasteiger partial charge in [0, 0.05) is 0 Å². The average Bonchev–Trinajstić information content (AvgIpc) is 2.17. The summed E-state index contributed by atoms with van der Waals surface area (Å²) in [5.74, 6) is 0.588. The first kappa shape index (κ1) is 12.8. The Morgan fingerprint density at radius 3 is 1.89 bits per heavy atom. The third-order valence-corrected chi connectivity index (χ3v) is 1.17. The largest absolute Gasteiger partial charge is 2.00 e. The van der Waals surface area contributed by atoms with E-state index in [4.69, 9.17) is 10.2 Å². The summed E-state index contributed by atoms with van der Waals surface area (Å²) in [5, 5.41) is 16.5. The van der Waals surface area contributed by atoms with Crippen molar-refractivity contribution in [1.82, 2.24) is 0 Å². The second-order valence-electron chi connectivity index (χ2n) is 2.06. The maximum absolute atomic E-state index is 8.24. The molecule has 2 N–H and O–H groups in total. The summed E-state index contributed by atoms with van der Waals surface area (Å²) >= 11 is 0. The molecule has 0 aromatic carbocycles. The van der Waals surface area contributed by atoms with Gasteiger partial charge in [-0.3, -0.25) is 0 Å². The van der Waals surface area contributed by atoms with E-state index < -0.39 is 6.29 Å². The molecule has 1 saturated carbocycles. The first-order valence-corrected chi connectivity index (χ1v) is 2.53. The minimum Gasteiger partial charge on any atom is -1.00 e. The quantitative estimate of drug-likeness (QED) is 0.391. The van der Waals surface area contributed by atoms with Crippen LogP contribution in [0, 0.1) is 12.2 Å². The molecule has 0 atom stereocenters. The van der Waals surface area contributed by atoms with Gasteiger partial charge in [0.2, 0.25) is 0 Å². The molecule has 0 radical (unpaired) electrons. The van der Waals surface area contributed by atoms with E-state index in [0.29, 0.717) is 12.3 Å². The van der Waals surface area contributed by atoms with Crippen LogP contribution in [0.5, 0.6) is 0 Å². The molecule has 0 amide bonds. The summed E-state index contributed by atoms with van der Waals surface area (Å²) in [6.07, 6.45) is 2.44. The van der Waals surface area contributed by atoms with Crippen LogP contribution in [-0.2, 0) is 0 Å². The Balaban J connectivity index is 0. The summed E-state index contributed by atoms with van der Waals surface area (Å²) < 4.78 is 0. The van der Waals surface area contributed by atoms with E-state index >= 15 is 0 Å². The van der Waals surface area contributed by atoms with Crippen LogP contribution in [0.25, 0.3) is 0 Å². The smallest absolute Gasteiger partial charge is 1.00 e. The molecule has 9 heavy (non-hydrogen) atoms. The van der Waals surface area contributed by atoms with Gasteiger partial charge in [-0.05, 0) is 0 Å². The van der Waals surface area contributed by atoms with Crippen molar-refractivity contribution in [2.45, 2.75) is 19.3 Å². The molecular formula is C5H9BrMgO2. The molecule has 50 valence electrons. The monoisotopic (exact) mass is 204 g/mol. The van der Waals surface area contributed by atoms with Gasteiger partial charge >= 0.3 is 23.1 Å². The molecule has 2 nitrogen and oxygen atoms in total. The Kier molecular flexibility index (Phi) is 8.42. The zero-order chi connectivity index (χ0) is 5.28. The maximum atomic E-state index is 8.24. The minimum absolute atomic E-state index is 0. The molecule has 0 aromatic heterocycles. The summed E-state index contributed by atoms with van der Waals surface area (Å²) in [6, 6.07) is 0. The summed E-state index contributed by atoms with van der Waals surface area (Å²) in [4.78, 5) is 0. The van der Waals surface area contributed by atoms with Crippen LogP contribution in [0.15, 0.2) is 0 Å². The van der Waals surface area contributed by atoms with E-state index in [-0.39, 0.29) is 40.0 Å². The third kappa shape index (κ3) is 7.06. The van der Waals surface area contributed by atoms with E-state index in [0.717, 1.165) is 0 Å². The topological polar surface area (TPSA) is 40.5 Å². The van der Waals surface area contributed by atoms with Gasteiger partial charge in [-0.1, -0.05) is 25.0 Å². The molecule has 1 aliphatic carbocycles. The van der Waals surface area contributed by atoms with E-state index in [9.17, 15) is 0 Å². The molecule has 0 spiro atoms. The fourth-order valence-electron chi connectivity index (χ4n) is 0.580. The van der Waals surface area contributed by atoms with E-state index in [1.54, 1.807) is 0 Å². The van der Waals surface area contributed by atoms with Crippen molar-refractivity contribution >= 4 is 23.1 Å². The number of rotatable bonds is 2. The molecule has 1 rings (SSSR count). The standard InChI is InChI=1S/C5H9O2.BrH.Mg/c6-5(7)3-4-1-2-4;;/h4,6-7H,1-3H2;1H;/q-1;;+2/p-1. The molecule has 0 bridgehead atoms. The zero-order valence-corrected chi connectivity index (χ0v) is 8.18. The van der Waals surface area contributed by atoms with Crippen molar-refractivity contribution in [3.05, 3.63) is 6.29 Å². The van der Waals surface area contributed by atoms with Gasteiger partial charge in [0.25, 0.3) is 0 Å². The molecule has 0 saturated heterocycles. The normalized spacial score (nSPS) is 16.3. The Bertz CT molecular complexity index is 66.0. The Morgan fingerprint density at radius 1 is 1.33 bits per heavy atom. The number of halogens is 1. The van der Waals surface area contributed by atoms with E-state index in [2.05, 4.69) is 0 Å². The molecule has 0 aliphatic heterocycles. The molecule has 0 heterocycles. The second kappa shape index (κ2) is 5.91. The summed E-state index contributed by atoms with van der Waals surface area (Å²) in [5.41, 5.74) is 0. The minimum atomic E-state index is -0.400. The van der Waals surface area contributed by atoms with Crippen molar-refractivity contribution in [3.63, 3.8) is 0 Å². The van der Waals surface area contributed by atoms with Gasteiger partial charge in [0.1, 0.15) is 0 Å². The van der Waals surface area contributed by atoms with E-state index in [1.807, 2.05) is 0 Å². The molecule has 0 aromatic rings. The van der Waals surface area contributed by atoms with Gasteiger partial charge in [-0.15, -0.1) is 6.42 Å². The third-order valence-electron chi connectivity index (χ3n) is 1.17. The predicted molar refractivity (Wildman–Crippen MR) is 30.2 cm³/mol. The van der Waals surface area contributed by atoms with Crippen molar-refractivity contribution in [2.75, 3.05) is 0 Å². The first-order chi connectivity index (χ1) is 3.29. The zero-order valence-electron chi connectivity index (χ0n) is 5.18.